The average Bonchev–Trinajstić information content (AvgIpc) is 2.94. The van der Waals surface area contributed by atoms with Crippen molar-refractivity contribution < 1.29 is 9.26 Å². The highest BCUT2D eigenvalue weighted by molar-refractivity contribution is 5.06. The van der Waals surface area contributed by atoms with E-state index in [0.29, 0.717) is 30.7 Å². The Kier molecular flexibility index (Phi) is 4.35. The molecule has 0 spiro atoms. The van der Waals surface area contributed by atoms with E-state index in [1.54, 1.807) is 0 Å². The highest BCUT2D eigenvalue weighted by atomic mass is 16.5. The molecular formula is C13H23N3O2. The lowest BCUT2D eigenvalue weighted by atomic mass is 9.99. The van der Waals surface area contributed by atoms with Crippen molar-refractivity contribution in [2.24, 2.45) is 11.7 Å². The van der Waals surface area contributed by atoms with Crippen LogP contribution in [-0.2, 0) is 16.7 Å². The Balaban J connectivity index is 1.83. The van der Waals surface area contributed by atoms with Crippen LogP contribution in [0.2, 0.25) is 0 Å². The maximum absolute atomic E-state index is 6.27. The van der Waals surface area contributed by atoms with Crippen molar-refractivity contribution in [2.75, 3.05) is 13.2 Å². The summed E-state index contributed by atoms with van der Waals surface area (Å²) in [6, 6.07) is 0. The third-order valence-corrected chi connectivity index (χ3v) is 3.32. The number of nitrogens with zero attached hydrogens (tertiary/aromatic N) is 2. The minimum absolute atomic E-state index is 0.361. The lowest BCUT2D eigenvalue weighted by Crippen LogP contribution is -2.34. The van der Waals surface area contributed by atoms with Gasteiger partial charge in [0.25, 0.3) is 0 Å². The second-order valence-corrected chi connectivity index (χ2v) is 5.59. The Hall–Kier alpha value is -0.940. The lowest BCUT2D eigenvalue weighted by molar-refractivity contribution is 0.108. The molecule has 2 N–H and O–H groups in total. The van der Waals surface area contributed by atoms with Crippen molar-refractivity contribution in [1.29, 1.82) is 0 Å². The number of hydrogen-bond donors (Lipinski definition) is 1. The van der Waals surface area contributed by atoms with Gasteiger partial charge >= 0.3 is 0 Å². The number of ether oxygens (including phenoxy) is 1. The van der Waals surface area contributed by atoms with Gasteiger partial charge in [-0.25, -0.2) is 0 Å². The van der Waals surface area contributed by atoms with E-state index in [9.17, 15) is 0 Å². The van der Waals surface area contributed by atoms with Gasteiger partial charge in [0.2, 0.25) is 5.89 Å². The fourth-order valence-electron chi connectivity index (χ4n) is 2.27. The molecule has 1 aromatic heterocycles. The number of aromatic nitrogens is 2. The third kappa shape index (κ3) is 3.29. The third-order valence-electron chi connectivity index (χ3n) is 3.32. The second-order valence-electron chi connectivity index (χ2n) is 5.59. The zero-order chi connectivity index (χ0) is 13.0. The van der Waals surface area contributed by atoms with E-state index < -0.39 is 0 Å². The Morgan fingerprint density at radius 2 is 2.11 bits per heavy atom. The van der Waals surface area contributed by atoms with E-state index in [0.717, 1.165) is 32.3 Å². The predicted octanol–water partition coefficient (Wildman–Crippen LogP) is 2.01. The van der Waals surface area contributed by atoms with E-state index >= 15 is 0 Å². The Bertz CT molecular complexity index is 370. The van der Waals surface area contributed by atoms with Gasteiger partial charge in [-0.05, 0) is 18.8 Å². The summed E-state index contributed by atoms with van der Waals surface area (Å²) in [5.74, 6) is 1.85. The summed E-state index contributed by atoms with van der Waals surface area (Å²) < 4.78 is 10.7. The fourth-order valence-corrected chi connectivity index (χ4v) is 2.27. The molecule has 1 saturated carbocycles. The molecule has 0 radical (unpaired) electrons. The molecule has 0 unspecified atom stereocenters. The van der Waals surface area contributed by atoms with Gasteiger partial charge in [-0.1, -0.05) is 31.8 Å². The molecule has 0 amide bonds. The van der Waals surface area contributed by atoms with Crippen LogP contribution < -0.4 is 5.73 Å². The SMILES string of the molecule is CC(C)COCCc1nc(C2(N)CCCC2)no1. The summed E-state index contributed by atoms with van der Waals surface area (Å²) in [5, 5.41) is 4.02. The van der Waals surface area contributed by atoms with E-state index in [1.807, 2.05) is 0 Å². The van der Waals surface area contributed by atoms with Crippen molar-refractivity contribution in [1.82, 2.24) is 10.1 Å². The molecule has 0 aromatic carbocycles. The number of rotatable bonds is 6. The van der Waals surface area contributed by atoms with Crippen LogP contribution in [0, 0.1) is 5.92 Å². The van der Waals surface area contributed by atoms with Crippen molar-refractivity contribution in [3.8, 4) is 0 Å². The molecule has 1 aromatic rings. The first-order valence-corrected chi connectivity index (χ1v) is 6.80. The summed E-state index contributed by atoms with van der Waals surface area (Å²) in [5.41, 5.74) is 5.91. The van der Waals surface area contributed by atoms with Crippen LogP contribution in [0.1, 0.15) is 51.2 Å². The topological polar surface area (TPSA) is 74.2 Å². The first-order valence-electron chi connectivity index (χ1n) is 6.80. The van der Waals surface area contributed by atoms with Crippen LogP contribution in [0.15, 0.2) is 4.52 Å². The molecule has 0 aliphatic heterocycles. The monoisotopic (exact) mass is 253 g/mol. The number of nitrogens with two attached hydrogens (primary N) is 1. The van der Waals surface area contributed by atoms with Crippen LogP contribution in [-0.4, -0.2) is 23.4 Å². The predicted molar refractivity (Wildman–Crippen MR) is 68.0 cm³/mol. The molecule has 1 aliphatic rings. The summed E-state index contributed by atoms with van der Waals surface area (Å²) in [6.07, 6.45) is 4.87. The standard InChI is InChI=1S/C13H23N3O2/c1-10(2)9-17-8-5-11-15-12(16-18-11)13(14)6-3-4-7-13/h10H,3-9,14H2,1-2H3. The van der Waals surface area contributed by atoms with Crippen LogP contribution in [0.4, 0.5) is 0 Å². The van der Waals surface area contributed by atoms with Gasteiger partial charge in [0.15, 0.2) is 5.82 Å². The maximum Gasteiger partial charge on any atom is 0.229 e. The van der Waals surface area contributed by atoms with E-state index in [2.05, 4.69) is 24.0 Å². The van der Waals surface area contributed by atoms with Crippen molar-refractivity contribution in [3.63, 3.8) is 0 Å². The lowest BCUT2D eigenvalue weighted by Gasteiger charge is -2.17. The first kappa shape index (κ1) is 13.5. The highest BCUT2D eigenvalue weighted by Crippen LogP contribution is 2.34. The largest absolute Gasteiger partial charge is 0.381 e. The summed E-state index contributed by atoms with van der Waals surface area (Å²) in [4.78, 5) is 4.40. The Labute approximate surface area is 108 Å². The molecule has 0 bridgehead atoms. The van der Waals surface area contributed by atoms with E-state index in [1.165, 1.54) is 0 Å². The van der Waals surface area contributed by atoms with Crippen molar-refractivity contribution in [2.45, 2.75) is 51.5 Å². The molecule has 18 heavy (non-hydrogen) atoms. The fraction of sp³-hybridized carbons (Fsp3) is 0.846. The Morgan fingerprint density at radius 1 is 1.39 bits per heavy atom. The summed E-state index contributed by atoms with van der Waals surface area (Å²) >= 11 is 0. The second kappa shape index (κ2) is 5.80. The maximum atomic E-state index is 6.27. The van der Waals surface area contributed by atoms with Gasteiger partial charge in [0.05, 0.1) is 18.6 Å². The molecular weight excluding hydrogens is 230 g/mol. The van der Waals surface area contributed by atoms with Crippen LogP contribution in [0.3, 0.4) is 0 Å². The first-order chi connectivity index (χ1) is 8.60. The van der Waals surface area contributed by atoms with E-state index in [4.69, 9.17) is 15.0 Å². The molecule has 5 heteroatoms. The highest BCUT2D eigenvalue weighted by Gasteiger charge is 2.35. The molecule has 0 atom stereocenters. The average molecular weight is 253 g/mol. The minimum Gasteiger partial charge on any atom is -0.381 e. The molecule has 0 saturated heterocycles. The van der Waals surface area contributed by atoms with Gasteiger partial charge in [-0.15, -0.1) is 0 Å². The van der Waals surface area contributed by atoms with Crippen LogP contribution in [0.25, 0.3) is 0 Å². The molecule has 102 valence electrons. The van der Waals surface area contributed by atoms with Gasteiger partial charge in [-0.2, -0.15) is 4.98 Å². The van der Waals surface area contributed by atoms with E-state index in [-0.39, 0.29) is 5.54 Å². The summed E-state index contributed by atoms with van der Waals surface area (Å²) in [7, 11) is 0. The van der Waals surface area contributed by atoms with Crippen molar-refractivity contribution in [3.05, 3.63) is 11.7 Å². The smallest absolute Gasteiger partial charge is 0.229 e. The number of hydrogen-bond acceptors (Lipinski definition) is 5. The molecule has 1 fully saturated rings. The van der Waals surface area contributed by atoms with Gasteiger partial charge in [0, 0.05) is 6.61 Å². The zero-order valence-corrected chi connectivity index (χ0v) is 11.3. The molecule has 1 aliphatic carbocycles. The van der Waals surface area contributed by atoms with Gasteiger partial charge in [0.1, 0.15) is 0 Å². The quantitative estimate of drug-likeness (QED) is 0.785. The van der Waals surface area contributed by atoms with Crippen molar-refractivity contribution >= 4 is 0 Å². The molecule has 5 nitrogen and oxygen atoms in total. The van der Waals surface area contributed by atoms with Crippen LogP contribution >= 0.6 is 0 Å². The normalized spacial score (nSPS) is 18.7. The minimum atomic E-state index is -0.361. The van der Waals surface area contributed by atoms with Gasteiger partial charge in [-0.3, -0.25) is 0 Å². The Morgan fingerprint density at radius 3 is 2.78 bits per heavy atom. The van der Waals surface area contributed by atoms with Gasteiger partial charge < -0.3 is 15.0 Å². The zero-order valence-electron chi connectivity index (χ0n) is 11.3. The summed E-state index contributed by atoms with van der Waals surface area (Å²) in [6.45, 7) is 5.64. The van der Waals surface area contributed by atoms with Crippen LogP contribution in [0.5, 0.6) is 0 Å². The molecule has 2 rings (SSSR count). The molecule has 1 heterocycles.